The van der Waals surface area contributed by atoms with Crippen LogP contribution < -0.4 is 10.6 Å². The van der Waals surface area contributed by atoms with Gasteiger partial charge in [0.25, 0.3) is 0 Å². The van der Waals surface area contributed by atoms with E-state index in [-0.39, 0.29) is 12.5 Å². The number of rotatable bonds is 9. The molecule has 1 atom stereocenters. The fourth-order valence-electron chi connectivity index (χ4n) is 2.68. The van der Waals surface area contributed by atoms with Gasteiger partial charge in [0, 0.05) is 12.6 Å². The number of hydrogen-bond acceptors (Lipinski definition) is 3. The van der Waals surface area contributed by atoms with Gasteiger partial charge in [-0.15, -0.1) is 0 Å². The van der Waals surface area contributed by atoms with E-state index < -0.39 is 0 Å². The third-order valence-corrected chi connectivity index (χ3v) is 3.67. The molecule has 0 spiro atoms. The van der Waals surface area contributed by atoms with Gasteiger partial charge in [-0.05, 0) is 38.1 Å². The van der Waals surface area contributed by atoms with Crippen molar-refractivity contribution in [3.63, 3.8) is 0 Å². The number of aliphatic hydroxyl groups is 1. The molecule has 0 aliphatic heterocycles. The van der Waals surface area contributed by atoms with Crippen molar-refractivity contribution in [2.75, 3.05) is 19.7 Å². The van der Waals surface area contributed by atoms with Gasteiger partial charge in [0.15, 0.2) is 0 Å². The van der Waals surface area contributed by atoms with Crippen LogP contribution in [0.5, 0.6) is 0 Å². The predicted octanol–water partition coefficient (Wildman–Crippen LogP) is 1.43. The van der Waals surface area contributed by atoms with E-state index in [9.17, 15) is 4.79 Å². The molecular formula is C14H28N2O2. The minimum atomic E-state index is 0.112. The molecule has 18 heavy (non-hydrogen) atoms. The van der Waals surface area contributed by atoms with Crippen molar-refractivity contribution in [2.45, 2.75) is 57.9 Å². The van der Waals surface area contributed by atoms with Crippen LogP contribution in [-0.2, 0) is 4.79 Å². The SMILES string of the molecule is CCCC(CCO)CNCC(=O)NC1CCCC1. The predicted molar refractivity (Wildman–Crippen MR) is 73.4 cm³/mol. The van der Waals surface area contributed by atoms with Gasteiger partial charge < -0.3 is 15.7 Å². The Balaban J connectivity index is 2.08. The lowest BCUT2D eigenvalue weighted by molar-refractivity contribution is -0.120. The quantitative estimate of drug-likeness (QED) is 0.585. The highest BCUT2D eigenvalue weighted by atomic mass is 16.3. The fraction of sp³-hybridized carbons (Fsp3) is 0.929. The summed E-state index contributed by atoms with van der Waals surface area (Å²) < 4.78 is 0. The van der Waals surface area contributed by atoms with Crippen LogP contribution in [0.2, 0.25) is 0 Å². The molecule has 1 saturated carbocycles. The number of aliphatic hydroxyl groups excluding tert-OH is 1. The number of carbonyl (C=O) groups excluding carboxylic acids is 1. The molecule has 1 unspecified atom stereocenters. The van der Waals surface area contributed by atoms with Gasteiger partial charge in [0.05, 0.1) is 6.54 Å². The van der Waals surface area contributed by atoms with E-state index in [1.807, 2.05) is 0 Å². The molecule has 0 aromatic heterocycles. The van der Waals surface area contributed by atoms with Crippen LogP contribution >= 0.6 is 0 Å². The second kappa shape index (κ2) is 9.34. The summed E-state index contributed by atoms with van der Waals surface area (Å²) >= 11 is 0. The summed E-state index contributed by atoms with van der Waals surface area (Å²) in [5.41, 5.74) is 0. The van der Waals surface area contributed by atoms with E-state index in [2.05, 4.69) is 17.6 Å². The molecule has 1 amide bonds. The molecule has 0 radical (unpaired) electrons. The Labute approximate surface area is 111 Å². The number of amides is 1. The molecule has 0 heterocycles. The molecule has 106 valence electrons. The van der Waals surface area contributed by atoms with Crippen LogP contribution in [0.3, 0.4) is 0 Å². The summed E-state index contributed by atoms with van der Waals surface area (Å²) in [6, 6.07) is 0.406. The molecule has 4 heteroatoms. The van der Waals surface area contributed by atoms with Crippen molar-refractivity contribution < 1.29 is 9.90 Å². The van der Waals surface area contributed by atoms with E-state index in [4.69, 9.17) is 5.11 Å². The first-order valence-electron chi connectivity index (χ1n) is 7.37. The first-order chi connectivity index (χ1) is 8.76. The fourth-order valence-corrected chi connectivity index (χ4v) is 2.68. The van der Waals surface area contributed by atoms with Crippen LogP contribution in [0.15, 0.2) is 0 Å². The minimum absolute atomic E-state index is 0.112. The van der Waals surface area contributed by atoms with Crippen molar-refractivity contribution in [3.8, 4) is 0 Å². The highest BCUT2D eigenvalue weighted by Gasteiger charge is 2.16. The van der Waals surface area contributed by atoms with E-state index in [1.54, 1.807) is 0 Å². The van der Waals surface area contributed by atoms with E-state index in [0.29, 0.717) is 18.5 Å². The summed E-state index contributed by atoms with van der Waals surface area (Å²) in [6.45, 7) is 3.62. The van der Waals surface area contributed by atoms with Crippen LogP contribution in [0, 0.1) is 5.92 Å². The average Bonchev–Trinajstić information content (AvgIpc) is 2.82. The topological polar surface area (TPSA) is 61.4 Å². The first kappa shape index (κ1) is 15.4. The Morgan fingerprint density at radius 3 is 2.67 bits per heavy atom. The zero-order valence-corrected chi connectivity index (χ0v) is 11.6. The third kappa shape index (κ3) is 6.36. The van der Waals surface area contributed by atoms with Gasteiger partial charge in [-0.3, -0.25) is 4.79 Å². The van der Waals surface area contributed by atoms with Crippen LogP contribution in [0.1, 0.15) is 51.9 Å². The third-order valence-electron chi connectivity index (χ3n) is 3.67. The maximum atomic E-state index is 11.7. The zero-order chi connectivity index (χ0) is 13.2. The molecule has 3 N–H and O–H groups in total. The lowest BCUT2D eigenvalue weighted by atomic mass is 10.0. The van der Waals surface area contributed by atoms with Crippen LogP contribution in [0.4, 0.5) is 0 Å². The zero-order valence-electron chi connectivity index (χ0n) is 11.6. The van der Waals surface area contributed by atoms with Gasteiger partial charge in [0.2, 0.25) is 5.91 Å². The summed E-state index contributed by atoms with van der Waals surface area (Å²) in [6.07, 6.45) is 7.81. The smallest absolute Gasteiger partial charge is 0.234 e. The summed E-state index contributed by atoms with van der Waals surface area (Å²) in [4.78, 5) is 11.7. The molecule has 0 bridgehead atoms. The number of nitrogens with one attached hydrogen (secondary N) is 2. The Morgan fingerprint density at radius 1 is 1.33 bits per heavy atom. The van der Waals surface area contributed by atoms with Gasteiger partial charge in [-0.2, -0.15) is 0 Å². The molecule has 4 nitrogen and oxygen atoms in total. The number of hydrogen-bond donors (Lipinski definition) is 3. The van der Waals surface area contributed by atoms with Crippen LogP contribution in [-0.4, -0.2) is 36.8 Å². The molecule has 1 aliphatic rings. The Morgan fingerprint density at radius 2 is 2.06 bits per heavy atom. The standard InChI is InChI=1S/C14H28N2O2/c1-2-5-12(8-9-17)10-15-11-14(18)16-13-6-3-4-7-13/h12-13,15,17H,2-11H2,1H3,(H,16,18). The lowest BCUT2D eigenvalue weighted by Crippen LogP contribution is -2.40. The molecule has 0 saturated heterocycles. The maximum Gasteiger partial charge on any atom is 0.234 e. The molecule has 0 aromatic carbocycles. The summed E-state index contributed by atoms with van der Waals surface area (Å²) in [7, 11) is 0. The van der Waals surface area contributed by atoms with E-state index in [0.717, 1.165) is 38.6 Å². The van der Waals surface area contributed by atoms with E-state index >= 15 is 0 Å². The monoisotopic (exact) mass is 256 g/mol. The van der Waals surface area contributed by atoms with Crippen molar-refractivity contribution in [3.05, 3.63) is 0 Å². The largest absolute Gasteiger partial charge is 0.396 e. The molecular weight excluding hydrogens is 228 g/mol. The second-order valence-electron chi connectivity index (χ2n) is 5.35. The van der Waals surface area contributed by atoms with Crippen molar-refractivity contribution in [2.24, 2.45) is 5.92 Å². The maximum absolute atomic E-state index is 11.7. The van der Waals surface area contributed by atoms with Gasteiger partial charge >= 0.3 is 0 Å². The van der Waals surface area contributed by atoms with Crippen LogP contribution in [0.25, 0.3) is 0 Å². The summed E-state index contributed by atoms with van der Waals surface area (Å²) in [5, 5.41) is 15.2. The van der Waals surface area contributed by atoms with Gasteiger partial charge in [0.1, 0.15) is 0 Å². The van der Waals surface area contributed by atoms with E-state index in [1.165, 1.54) is 12.8 Å². The van der Waals surface area contributed by atoms with Gasteiger partial charge in [-0.25, -0.2) is 0 Å². The normalized spacial score (nSPS) is 17.9. The second-order valence-corrected chi connectivity index (χ2v) is 5.35. The van der Waals surface area contributed by atoms with Crippen molar-refractivity contribution >= 4 is 5.91 Å². The Hall–Kier alpha value is -0.610. The molecule has 1 fully saturated rings. The highest BCUT2D eigenvalue weighted by Crippen LogP contribution is 2.17. The average molecular weight is 256 g/mol. The lowest BCUT2D eigenvalue weighted by Gasteiger charge is -2.16. The first-order valence-corrected chi connectivity index (χ1v) is 7.37. The minimum Gasteiger partial charge on any atom is -0.396 e. The molecule has 0 aromatic rings. The Kier molecular flexibility index (Phi) is 8.01. The highest BCUT2D eigenvalue weighted by molar-refractivity contribution is 5.78. The molecule has 1 rings (SSSR count). The Bertz CT molecular complexity index is 222. The molecule has 1 aliphatic carbocycles. The summed E-state index contributed by atoms with van der Waals surface area (Å²) in [5.74, 6) is 0.598. The van der Waals surface area contributed by atoms with Crippen molar-refractivity contribution in [1.82, 2.24) is 10.6 Å². The van der Waals surface area contributed by atoms with Gasteiger partial charge in [-0.1, -0.05) is 26.2 Å². The van der Waals surface area contributed by atoms with Crippen molar-refractivity contribution in [1.29, 1.82) is 0 Å². The number of carbonyl (C=O) groups is 1.